The van der Waals surface area contributed by atoms with Crippen molar-refractivity contribution >= 4 is 12.0 Å². The number of nitrogens with one attached hydrogen (secondary N) is 2. The summed E-state index contributed by atoms with van der Waals surface area (Å²) >= 11 is 0. The smallest absolute Gasteiger partial charge is 0.321 e. The largest absolute Gasteiger partial charge is 0.335 e. The van der Waals surface area contributed by atoms with E-state index in [9.17, 15) is 4.79 Å². The first-order valence-corrected chi connectivity index (χ1v) is 7.21. The molecule has 2 N–H and O–H groups in total. The molecular formula is C13H21N5O. The second-order valence-corrected chi connectivity index (χ2v) is 5.76. The molecule has 2 fully saturated rings. The van der Waals surface area contributed by atoms with Crippen LogP contribution in [0.2, 0.25) is 0 Å². The highest BCUT2D eigenvalue weighted by Crippen LogP contribution is 2.29. The number of carbonyl (C=O) groups is 1. The van der Waals surface area contributed by atoms with E-state index in [1.54, 1.807) is 6.33 Å². The third kappa shape index (κ3) is 3.05. The van der Waals surface area contributed by atoms with Crippen LogP contribution >= 0.6 is 0 Å². The second-order valence-electron chi connectivity index (χ2n) is 5.76. The second kappa shape index (κ2) is 5.19. The Hall–Kier alpha value is -1.59. The van der Waals surface area contributed by atoms with Gasteiger partial charge in [-0.2, -0.15) is 0 Å². The maximum absolute atomic E-state index is 11.7. The zero-order chi connectivity index (χ0) is 13.2. The number of anilines is 1. The Labute approximate surface area is 113 Å². The van der Waals surface area contributed by atoms with Gasteiger partial charge in [-0.25, -0.2) is 14.5 Å². The Kier molecular flexibility index (Phi) is 3.40. The standard InChI is InChI=1S/C13H21N5O/c1-9-7-11(9)15-13(19)16-12-14-8-18(17-12)10-5-3-2-4-6-10/h8-11H,2-7H2,1H3,(H2,15,16,17,19). The topological polar surface area (TPSA) is 71.8 Å². The summed E-state index contributed by atoms with van der Waals surface area (Å²) in [6.45, 7) is 2.13. The van der Waals surface area contributed by atoms with E-state index in [4.69, 9.17) is 0 Å². The predicted molar refractivity (Wildman–Crippen MR) is 71.9 cm³/mol. The van der Waals surface area contributed by atoms with Crippen molar-refractivity contribution < 1.29 is 4.79 Å². The summed E-state index contributed by atoms with van der Waals surface area (Å²) in [5.41, 5.74) is 0. The van der Waals surface area contributed by atoms with Crippen LogP contribution in [0.1, 0.15) is 51.5 Å². The lowest BCUT2D eigenvalue weighted by Crippen LogP contribution is -2.31. The minimum atomic E-state index is -0.198. The summed E-state index contributed by atoms with van der Waals surface area (Å²) in [6.07, 6.45) is 8.95. The first-order chi connectivity index (χ1) is 9.22. The summed E-state index contributed by atoms with van der Waals surface area (Å²) in [5, 5.41) is 9.96. The molecule has 2 saturated carbocycles. The SMILES string of the molecule is CC1CC1NC(=O)Nc1ncn(C2CCCCC2)n1. The molecule has 0 aromatic carbocycles. The maximum atomic E-state index is 11.7. The van der Waals surface area contributed by atoms with Crippen LogP contribution in [0, 0.1) is 5.92 Å². The van der Waals surface area contributed by atoms with Gasteiger partial charge < -0.3 is 5.32 Å². The molecule has 2 amide bonds. The number of hydrogen-bond donors (Lipinski definition) is 2. The summed E-state index contributed by atoms with van der Waals surface area (Å²) < 4.78 is 1.90. The fourth-order valence-corrected chi connectivity index (χ4v) is 2.68. The van der Waals surface area contributed by atoms with Gasteiger partial charge >= 0.3 is 6.03 Å². The number of urea groups is 1. The van der Waals surface area contributed by atoms with Gasteiger partial charge in [-0.05, 0) is 25.2 Å². The molecule has 6 nitrogen and oxygen atoms in total. The molecule has 0 radical (unpaired) electrons. The lowest BCUT2D eigenvalue weighted by atomic mass is 9.96. The Balaban J connectivity index is 1.53. The molecule has 0 aliphatic heterocycles. The number of aromatic nitrogens is 3. The molecule has 6 heteroatoms. The van der Waals surface area contributed by atoms with Gasteiger partial charge in [-0.3, -0.25) is 5.32 Å². The lowest BCUT2D eigenvalue weighted by molar-refractivity contribution is 0.251. The quantitative estimate of drug-likeness (QED) is 0.879. The van der Waals surface area contributed by atoms with Crippen molar-refractivity contribution in [1.29, 1.82) is 0 Å². The van der Waals surface area contributed by atoms with Gasteiger partial charge in [0.15, 0.2) is 0 Å². The third-order valence-corrected chi connectivity index (χ3v) is 4.11. The third-order valence-electron chi connectivity index (χ3n) is 4.11. The van der Waals surface area contributed by atoms with Crippen LogP contribution in [0.15, 0.2) is 6.33 Å². The summed E-state index contributed by atoms with van der Waals surface area (Å²) in [7, 11) is 0. The number of rotatable bonds is 3. The molecule has 2 aliphatic rings. The van der Waals surface area contributed by atoms with Crippen molar-refractivity contribution in [2.24, 2.45) is 5.92 Å². The number of carbonyl (C=O) groups excluding carboxylic acids is 1. The summed E-state index contributed by atoms with van der Waals surface area (Å²) in [5.74, 6) is 0.995. The molecule has 3 rings (SSSR count). The monoisotopic (exact) mass is 263 g/mol. The van der Waals surface area contributed by atoms with Crippen molar-refractivity contribution in [1.82, 2.24) is 20.1 Å². The van der Waals surface area contributed by atoms with Crippen LogP contribution in [0.3, 0.4) is 0 Å². The van der Waals surface area contributed by atoms with Crippen molar-refractivity contribution in [3.8, 4) is 0 Å². The molecule has 2 aliphatic carbocycles. The highest BCUT2D eigenvalue weighted by molar-refractivity contribution is 5.87. The van der Waals surface area contributed by atoms with Crippen LogP contribution in [0.25, 0.3) is 0 Å². The van der Waals surface area contributed by atoms with Crippen LogP contribution in [0.4, 0.5) is 10.7 Å². The number of nitrogens with zero attached hydrogens (tertiary/aromatic N) is 3. The van der Waals surface area contributed by atoms with Crippen LogP contribution in [0.5, 0.6) is 0 Å². The molecule has 1 heterocycles. The zero-order valence-electron chi connectivity index (χ0n) is 11.3. The minimum absolute atomic E-state index is 0.198. The van der Waals surface area contributed by atoms with Crippen molar-refractivity contribution in [2.75, 3.05) is 5.32 Å². The van der Waals surface area contributed by atoms with Crippen molar-refractivity contribution in [2.45, 2.75) is 57.5 Å². The Morgan fingerprint density at radius 2 is 2.11 bits per heavy atom. The molecule has 1 aromatic heterocycles. The molecule has 19 heavy (non-hydrogen) atoms. The molecule has 2 atom stereocenters. The molecule has 2 unspecified atom stereocenters. The fraction of sp³-hybridized carbons (Fsp3) is 0.769. The maximum Gasteiger partial charge on any atom is 0.321 e. The Morgan fingerprint density at radius 1 is 1.37 bits per heavy atom. The predicted octanol–water partition coefficient (Wildman–Crippen LogP) is 2.31. The first kappa shape index (κ1) is 12.4. The summed E-state index contributed by atoms with van der Waals surface area (Å²) in [6, 6.07) is 0.569. The lowest BCUT2D eigenvalue weighted by Gasteiger charge is -2.21. The molecule has 104 valence electrons. The Morgan fingerprint density at radius 3 is 2.79 bits per heavy atom. The van der Waals surface area contributed by atoms with E-state index in [2.05, 4.69) is 27.6 Å². The van der Waals surface area contributed by atoms with Gasteiger partial charge in [0.2, 0.25) is 5.95 Å². The van der Waals surface area contributed by atoms with Gasteiger partial charge in [0.05, 0.1) is 6.04 Å². The number of amides is 2. The normalized spacial score (nSPS) is 27.0. The van der Waals surface area contributed by atoms with E-state index in [-0.39, 0.29) is 6.03 Å². The highest BCUT2D eigenvalue weighted by atomic mass is 16.2. The fourth-order valence-electron chi connectivity index (χ4n) is 2.68. The van der Waals surface area contributed by atoms with Crippen molar-refractivity contribution in [3.63, 3.8) is 0 Å². The van der Waals surface area contributed by atoms with E-state index in [0.29, 0.717) is 23.9 Å². The molecule has 0 bridgehead atoms. The van der Waals surface area contributed by atoms with E-state index in [0.717, 1.165) is 19.3 Å². The molecule has 0 saturated heterocycles. The van der Waals surface area contributed by atoms with Gasteiger partial charge in [-0.1, -0.05) is 26.2 Å². The minimum Gasteiger partial charge on any atom is -0.335 e. The Bertz CT molecular complexity index is 452. The number of hydrogen-bond acceptors (Lipinski definition) is 3. The van der Waals surface area contributed by atoms with E-state index in [1.165, 1.54) is 19.3 Å². The average molecular weight is 263 g/mol. The van der Waals surface area contributed by atoms with Crippen LogP contribution in [-0.2, 0) is 0 Å². The van der Waals surface area contributed by atoms with E-state index >= 15 is 0 Å². The molecule has 1 aromatic rings. The van der Waals surface area contributed by atoms with Crippen LogP contribution < -0.4 is 10.6 Å². The first-order valence-electron chi connectivity index (χ1n) is 7.21. The van der Waals surface area contributed by atoms with Gasteiger partial charge in [-0.15, -0.1) is 5.10 Å². The average Bonchev–Trinajstić information content (AvgIpc) is 2.91. The molecular weight excluding hydrogens is 242 g/mol. The van der Waals surface area contributed by atoms with Gasteiger partial charge in [0, 0.05) is 6.04 Å². The molecule has 0 spiro atoms. The van der Waals surface area contributed by atoms with Gasteiger partial charge in [0.25, 0.3) is 0 Å². The van der Waals surface area contributed by atoms with Crippen LogP contribution in [-0.4, -0.2) is 26.8 Å². The van der Waals surface area contributed by atoms with Crippen molar-refractivity contribution in [3.05, 3.63) is 6.33 Å². The highest BCUT2D eigenvalue weighted by Gasteiger charge is 2.34. The van der Waals surface area contributed by atoms with Gasteiger partial charge in [0.1, 0.15) is 6.33 Å². The zero-order valence-corrected chi connectivity index (χ0v) is 11.3. The van der Waals surface area contributed by atoms with E-state index in [1.807, 2.05) is 4.68 Å². The summed E-state index contributed by atoms with van der Waals surface area (Å²) in [4.78, 5) is 15.8. The van der Waals surface area contributed by atoms with E-state index < -0.39 is 0 Å².